The molecule has 0 saturated carbocycles. The van der Waals surface area contributed by atoms with Crippen molar-refractivity contribution >= 4 is 9.84 Å². The Kier molecular flexibility index (Phi) is 4.76. The van der Waals surface area contributed by atoms with E-state index in [1.165, 1.54) is 6.26 Å². The summed E-state index contributed by atoms with van der Waals surface area (Å²) in [6.07, 6.45) is 1.24. The van der Waals surface area contributed by atoms with Crippen LogP contribution in [-0.2, 0) is 16.4 Å². The highest BCUT2D eigenvalue weighted by Crippen LogP contribution is 2.11. The molecule has 0 radical (unpaired) electrons. The van der Waals surface area contributed by atoms with Crippen LogP contribution in [0.1, 0.15) is 5.56 Å². The van der Waals surface area contributed by atoms with Gasteiger partial charge in [-0.1, -0.05) is 12.1 Å². The van der Waals surface area contributed by atoms with Gasteiger partial charge in [0, 0.05) is 19.3 Å². The van der Waals surface area contributed by atoms with Crippen molar-refractivity contribution in [1.82, 2.24) is 5.32 Å². The minimum Gasteiger partial charge on any atom is -0.497 e. The molecule has 0 aliphatic rings. The average Bonchev–Trinajstić information content (AvgIpc) is 2.23. The first-order valence-electron chi connectivity index (χ1n) is 5.02. The molecule has 0 aliphatic heterocycles. The number of methoxy groups -OCH3 is 1. The van der Waals surface area contributed by atoms with Crippen molar-refractivity contribution in [3.8, 4) is 5.75 Å². The Bertz CT molecular complexity index is 429. The van der Waals surface area contributed by atoms with Crippen LogP contribution in [0.3, 0.4) is 0 Å². The molecule has 0 aromatic heterocycles. The molecule has 0 fully saturated rings. The summed E-state index contributed by atoms with van der Waals surface area (Å²) in [6.45, 7) is 1.11. The van der Waals surface area contributed by atoms with Crippen molar-refractivity contribution in [3.05, 3.63) is 29.8 Å². The molecular formula is C11H17NO3S. The number of nitrogens with one attached hydrogen (secondary N) is 1. The van der Waals surface area contributed by atoms with Crippen molar-refractivity contribution in [2.45, 2.75) is 6.54 Å². The topological polar surface area (TPSA) is 55.4 Å². The predicted molar refractivity (Wildman–Crippen MR) is 64.4 cm³/mol. The number of rotatable bonds is 6. The standard InChI is InChI=1S/C11H17NO3S/c1-15-11-5-3-4-10(8-11)9-12-6-7-16(2,13)14/h3-5,8,12H,6-7,9H2,1-2H3. The zero-order chi connectivity index (χ0) is 12.0. The molecule has 0 saturated heterocycles. The maximum Gasteiger partial charge on any atom is 0.148 e. The SMILES string of the molecule is COc1cccc(CNCCS(C)(=O)=O)c1. The predicted octanol–water partition coefficient (Wildman–Crippen LogP) is 0.829. The lowest BCUT2D eigenvalue weighted by atomic mass is 10.2. The van der Waals surface area contributed by atoms with E-state index in [4.69, 9.17) is 4.74 Å². The van der Waals surface area contributed by atoms with Crippen LogP contribution in [0.4, 0.5) is 0 Å². The number of benzene rings is 1. The van der Waals surface area contributed by atoms with E-state index in [2.05, 4.69) is 5.32 Å². The molecule has 0 aliphatic carbocycles. The van der Waals surface area contributed by atoms with Gasteiger partial charge in [-0.3, -0.25) is 0 Å². The molecule has 4 nitrogen and oxygen atoms in total. The van der Waals surface area contributed by atoms with Crippen LogP contribution >= 0.6 is 0 Å². The summed E-state index contributed by atoms with van der Waals surface area (Å²) in [5, 5.41) is 3.07. The second-order valence-electron chi connectivity index (χ2n) is 3.66. The number of sulfone groups is 1. The Morgan fingerprint density at radius 1 is 1.38 bits per heavy atom. The zero-order valence-electron chi connectivity index (χ0n) is 9.56. The molecule has 0 bridgehead atoms. The lowest BCUT2D eigenvalue weighted by Gasteiger charge is -2.05. The lowest BCUT2D eigenvalue weighted by Crippen LogP contribution is -2.21. The Labute approximate surface area is 96.5 Å². The second kappa shape index (κ2) is 5.86. The van der Waals surface area contributed by atoms with Crippen LogP contribution in [0.5, 0.6) is 5.75 Å². The quantitative estimate of drug-likeness (QED) is 0.752. The molecule has 1 aromatic carbocycles. The van der Waals surface area contributed by atoms with Gasteiger partial charge in [-0.05, 0) is 17.7 Å². The zero-order valence-corrected chi connectivity index (χ0v) is 10.4. The van der Waals surface area contributed by atoms with Crippen molar-refractivity contribution in [3.63, 3.8) is 0 Å². The van der Waals surface area contributed by atoms with Crippen LogP contribution in [-0.4, -0.2) is 34.1 Å². The fourth-order valence-corrected chi connectivity index (χ4v) is 1.79. The first-order chi connectivity index (χ1) is 7.51. The average molecular weight is 243 g/mol. The maximum absolute atomic E-state index is 10.9. The minimum atomic E-state index is -2.88. The third-order valence-electron chi connectivity index (χ3n) is 2.11. The summed E-state index contributed by atoms with van der Waals surface area (Å²) < 4.78 is 26.9. The van der Waals surface area contributed by atoms with Crippen molar-refractivity contribution in [1.29, 1.82) is 0 Å². The largest absolute Gasteiger partial charge is 0.497 e. The van der Waals surface area contributed by atoms with E-state index in [-0.39, 0.29) is 5.75 Å². The molecule has 0 spiro atoms. The van der Waals surface area contributed by atoms with E-state index >= 15 is 0 Å². The molecule has 1 rings (SSSR count). The van der Waals surface area contributed by atoms with Crippen LogP contribution < -0.4 is 10.1 Å². The Morgan fingerprint density at radius 2 is 2.12 bits per heavy atom. The first kappa shape index (κ1) is 13.0. The van der Waals surface area contributed by atoms with Crippen LogP contribution in [0.2, 0.25) is 0 Å². The number of hydrogen-bond acceptors (Lipinski definition) is 4. The summed E-state index contributed by atoms with van der Waals surface area (Å²) >= 11 is 0. The van der Waals surface area contributed by atoms with E-state index in [9.17, 15) is 8.42 Å². The normalized spacial score (nSPS) is 11.4. The monoisotopic (exact) mass is 243 g/mol. The third kappa shape index (κ3) is 5.14. The van der Waals surface area contributed by atoms with E-state index in [1.807, 2.05) is 24.3 Å². The Balaban J connectivity index is 2.37. The Hall–Kier alpha value is -1.07. The second-order valence-corrected chi connectivity index (χ2v) is 5.92. The molecule has 16 heavy (non-hydrogen) atoms. The van der Waals surface area contributed by atoms with Gasteiger partial charge < -0.3 is 10.1 Å². The molecule has 0 atom stereocenters. The molecular weight excluding hydrogens is 226 g/mol. The number of ether oxygens (including phenoxy) is 1. The van der Waals surface area contributed by atoms with Crippen molar-refractivity contribution in [2.24, 2.45) is 0 Å². The van der Waals surface area contributed by atoms with Gasteiger partial charge >= 0.3 is 0 Å². The first-order valence-corrected chi connectivity index (χ1v) is 7.09. The minimum absolute atomic E-state index is 0.164. The highest BCUT2D eigenvalue weighted by Gasteiger charge is 2.01. The fourth-order valence-electron chi connectivity index (χ4n) is 1.27. The smallest absolute Gasteiger partial charge is 0.148 e. The lowest BCUT2D eigenvalue weighted by molar-refractivity contribution is 0.414. The van der Waals surface area contributed by atoms with Crippen LogP contribution in [0.25, 0.3) is 0 Å². The van der Waals surface area contributed by atoms with Crippen molar-refractivity contribution < 1.29 is 13.2 Å². The van der Waals surface area contributed by atoms with Gasteiger partial charge in [0.1, 0.15) is 15.6 Å². The molecule has 0 unspecified atom stereocenters. The van der Waals surface area contributed by atoms with Crippen molar-refractivity contribution in [2.75, 3.05) is 25.7 Å². The molecule has 5 heteroatoms. The summed E-state index contributed by atoms with van der Waals surface area (Å²) in [6, 6.07) is 7.68. The van der Waals surface area contributed by atoms with Gasteiger partial charge in [0.2, 0.25) is 0 Å². The molecule has 0 amide bonds. The van der Waals surface area contributed by atoms with E-state index in [1.54, 1.807) is 7.11 Å². The highest BCUT2D eigenvalue weighted by molar-refractivity contribution is 7.90. The summed E-state index contributed by atoms with van der Waals surface area (Å²) in [4.78, 5) is 0. The van der Waals surface area contributed by atoms with Crippen LogP contribution in [0, 0.1) is 0 Å². The van der Waals surface area contributed by atoms with E-state index < -0.39 is 9.84 Å². The van der Waals surface area contributed by atoms with Gasteiger partial charge in [-0.2, -0.15) is 0 Å². The molecule has 1 aromatic rings. The van der Waals surface area contributed by atoms with Crippen LogP contribution in [0.15, 0.2) is 24.3 Å². The van der Waals surface area contributed by atoms with E-state index in [0.29, 0.717) is 13.1 Å². The van der Waals surface area contributed by atoms with Gasteiger partial charge in [-0.25, -0.2) is 8.42 Å². The highest BCUT2D eigenvalue weighted by atomic mass is 32.2. The number of hydrogen-bond donors (Lipinski definition) is 1. The molecule has 90 valence electrons. The van der Waals surface area contributed by atoms with Gasteiger partial charge in [0.15, 0.2) is 0 Å². The van der Waals surface area contributed by atoms with Gasteiger partial charge in [0.25, 0.3) is 0 Å². The molecule has 1 N–H and O–H groups in total. The van der Waals surface area contributed by atoms with E-state index in [0.717, 1.165) is 11.3 Å². The Morgan fingerprint density at radius 3 is 2.75 bits per heavy atom. The summed E-state index contributed by atoms with van der Waals surface area (Å²) in [5.41, 5.74) is 1.08. The van der Waals surface area contributed by atoms with Gasteiger partial charge in [0.05, 0.1) is 12.9 Å². The summed E-state index contributed by atoms with van der Waals surface area (Å²) in [5.74, 6) is 0.971. The van der Waals surface area contributed by atoms with Gasteiger partial charge in [-0.15, -0.1) is 0 Å². The fraction of sp³-hybridized carbons (Fsp3) is 0.455. The third-order valence-corrected chi connectivity index (χ3v) is 3.06. The maximum atomic E-state index is 10.9. The summed E-state index contributed by atoms with van der Waals surface area (Å²) in [7, 11) is -1.26. The molecule has 0 heterocycles.